The van der Waals surface area contributed by atoms with Crippen LogP contribution in [0.3, 0.4) is 0 Å². The van der Waals surface area contributed by atoms with Gasteiger partial charge in [0.25, 0.3) is 0 Å². The molecule has 1 aliphatic carbocycles. The molecule has 0 fully saturated rings. The van der Waals surface area contributed by atoms with Crippen molar-refractivity contribution in [3.63, 3.8) is 0 Å². The topological polar surface area (TPSA) is 0 Å². The summed E-state index contributed by atoms with van der Waals surface area (Å²) in [7, 11) is -1.66. The van der Waals surface area contributed by atoms with Crippen LogP contribution in [-0.4, -0.2) is 8.07 Å². The third-order valence-electron chi connectivity index (χ3n) is 7.01. The summed E-state index contributed by atoms with van der Waals surface area (Å²) < 4.78 is 0. The van der Waals surface area contributed by atoms with Crippen molar-refractivity contribution in [1.29, 1.82) is 0 Å². The third-order valence-corrected chi connectivity index (χ3v) is 10.8. The number of rotatable bonds is 12. The van der Waals surface area contributed by atoms with Crippen molar-refractivity contribution in [2.45, 2.75) is 96.7 Å². The SMILES string of the molecule is CCCCCCc1cc(CCCCCC)cc([Si](C)(C)C2C=Cc3ccccc32)c1. The summed E-state index contributed by atoms with van der Waals surface area (Å²) in [5.74, 6) is 0. The maximum atomic E-state index is 2.59. The molecule has 0 N–H and O–H groups in total. The molecular formula is C29H42Si. The van der Waals surface area contributed by atoms with Gasteiger partial charge in [0.2, 0.25) is 0 Å². The summed E-state index contributed by atoms with van der Waals surface area (Å²) in [4.78, 5) is 0. The van der Waals surface area contributed by atoms with Crippen molar-refractivity contribution < 1.29 is 0 Å². The monoisotopic (exact) mass is 418 g/mol. The molecule has 162 valence electrons. The molecule has 0 bridgehead atoms. The Morgan fingerprint density at radius 2 is 1.33 bits per heavy atom. The molecule has 0 aliphatic heterocycles. The van der Waals surface area contributed by atoms with Crippen molar-refractivity contribution in [2.75, 3.05) is 0 Å². The molecular weight excluding hydrogens is 376 g/mol. The van der Waals surface area contributed by atoms with E-state index in [0.29, 0.717) is 5.54 Å². The average molecular weight is 419 g/mol. The van der Waals surface area contributed by atoms with E-state index < -0.39 is 8.07 Å². The Kier molecular flexibility index (Phi) is 8.57. The first kappa shape index (κ1) is 23.1. The predicted octanol–water partition coefficient (Wildman–Crippen LogP) is 8.20. The molecule has 0 saturated carbocycles. The Morgan fingerprint density at radius 1 is 0.733 bits per heavy atom. The van der Waals surface area contributed by atoms with Crippen LogP contribution < -0.4 is 5.19 Å². The molecule has 1 heteroatoms. The number of unbranched alkanes of at least 4 members (excludes halogenated alkanes) is 6. The van der Waals surface area contributed by atoms with Gasteiger partial charge in [-0.1, -0.05) is 125 Å². The van der Waals surface area contributed by atoms with Crippen molar-refractivity contribution in [1.82, 2.24) is 0 Å². The van der Waals surface area contributed by atoms with E-state index in [2.05, 4.69) is 81.6 Å². The van der Waals surface area contributed by atoms with Gasteiger partial charge in [0.15, 0.2) is 0 Å². The Labute approximate surface area is 186 Å². The lowest BCUT2D eigenvalue weighted by Gasteiger charge is -2.31. The molecule has 2 aromatic rings. The van der Waals surface area contributed by atoms with E-state index in [0.717, 1.165) is 0 Å². The maximum absolute atomic E-state index is 2.59. The van der Waals surface area contributed by atoms with E-state index in [-0.39, 0.29) is 0 Å². The molecule has 0 radical (unpaired) electrons. The Hall–Kier alpha value is -1.60. The summed E-state index contributed by atoms with van der Waals surface area (Å²) in [6.45, 7) is 9.77. The van der Waals surface area contributed by atoms with Gasteiger partial charge in [-0.05, 0) is 47.9 Å². The van der Waals surface area contributed by atoms with E-state index in [4.69, 9.17) is 0 Å². The molecule has 3 rings (SSSR count). The third kappa shape index (κ3) is 5.75. The second kappa shape index (κ2) is 11.1. The summed E-state index contributed by atoms with van der Waals surface area (Å²) in [5.41, 5.74) is 6.75. The lowest BCUT2D eigenvalue weighted by Crippen LogP contribution is -2.47. The number of hydrogen-bond acceptors (Lipinski definition) is 0. The van der Waals surface area contributed by atoms with Gasteiger partial charge < -0.3 is 0 Å². The quantitative estimate of drug-likeness (QED) is 0.241. The lowest BCUT2D eigenvalue weighted by molar-refractivity contribution is 0.661. The highest BCUT2D eigenvalue weighted by atomic mass is 28.3. The molecule has 0 nitrogen and oxygen atoms in total. The van der Waals surface area contributed by atoms with Crippen molar-refractivity contribution in [3.8, 4) is 0 Å². The summed E-state index contributed by atoms with van der Waals surface area (Å²) >= 11 is 0. The normalized spacial score (nSPS) is 15.5. The van der Waals surface area contributed by atoms with Crippen LogP contribution in [0.15, 0.2) is 48.5 Å². The van der Waals surface area contributed by atoms with Gasteiger partial charge in [-0.2, -0.15) is 0 Å². The van der Waals surface area contributed by atoms with E-state index in [1.165, 1.54) is 69.8 Å². The second-order valence-electron chi connectivity index (χ2n) is 9.85. The minimum absolute atomic E-state index is 0.594. The summed E-state index contributed by atoms with van der Waals surface area (Å²) in [6, 6.07) is 16.7. The standard InChI is InChI=1S/C29H42Si/c1-5-7-9-11-15-24-21-25(16-12-10-8-6-2)23-27(22-24)30(3,4)29-20-19-26-17-13-14-18-28(26)29/h13-14,17-23,29H,5-12,15-16H2,1-4H3. The molecule has 1 atom stereocenters. The number of fused-ring (bicyclic) bond motifs is 1. The van der Waals surface area contributed by atoms with Crippen LogP contribution in [0.25, 0.3) is 6.08 Å². The number of benzene rings is 2. The second-order valence-corrected chi connectivity index (χ2v) is 14.5. The first-order chi connectivity index (χ1) is 14.6. The summed E-state index contributed by atoms with van der Waals surface area (Å²) in [6.07, 6.45) is 18.1. The number of aryl methyl sites for hydroxylation is 2. The highest BCUT2D eigenvalue weighted by Gasteiger charge is 2.36. The number of allylic oxidation sites excluding steroid dienone is 1. The molecule has 2 aromatic carbocycles. The van der Waals surface area contributed by atoms with Crippen LogP contribution in [-0.2, 0) is 12.8 Å². The molecule has 30 heavy (non-hydrogen) atoms. The fourth-order valence-corrected chi connectivity index (χ4v) is 8.09. The molecule has 0 amide bonds. The van der Waals surface area contributed by atoms with Gasteiger partial charge in [-0.15, -0.1) is 0 Å². The van der Waals surface area contributed by atoms with Gasteiger partial charge >= 0.3 is 0 Å². The Balaban J connectivity index is 1.84. The van der Waals surface area contributed by atoms with Crippen LogP contribution >= 0.6 is 0 Å². The van der Waals surface area contributed by atoms with Crippen LogP contribution in [0.4, 0.5) is 0 Å². The van der Waals surface area contributed by atoms with Gasteiger partial charge in [-0.25, -0.2) is 0 Å². The minimum Gasteiger partial charge on any atom is -0.0787 e. The van der Waals surface area contributed by atoms with E-state index in [1.54, 1.807) is 21.9 Å². The van der Waals surface area contributed by atoms with Gasteiger partial charge in [0.05, 0.1) is 8.07 Å². The zero-order valence-electron chi connectivity index (χ0n) is 19.8. The van der Waals surface area contributed by atoms with Gasteiger partial charge in [-0.3, -0.25) is 0 Å². The zero-order chi connectivity index (χ0) is 21.4. The first-order valence-electron chi connectivity index (χ1n) is 12.5. The highest BCUT2D eigenvalue weighted by Crippen LogP contribution is 2.37. The fraction of sp³-hybridized carbons (Fsp3) is 0.517. The van der Waals surface area contributed by atoms with E-state index in [1.807, 2.05) is 0 Å². The lowest BCUT2D eigenvalue weighted by atomic mass is 10.0. The first-order valence-corrected chi connectivity index (χ1v) is 15.5. The molecule has 0 heterocycles. The average Bonchev–Trinajstić information content (AvgIpc) is 3.19. The molecule has 0 spiro atoms. The zero-order valence-corrected chi connectivity index (χ0v) is 20.8. The van der Waals surface area contributed by atoms with Crippen LogP contribution in [0.2, 0.25) is 13.1 Å². The van der Waals surface area contributed by atoms with Crippen molar-refractivity contribution in [3.05, 3.63) is 70.8 Å². The highest BCUT2D eigenvalue weighted by molar-refractivity contribution is 6.91. The Morgan fingerprint density at radius 3 is 1.93 bits per heavy atom. The van der Waals surface area contributed by atoms with Crippen LogP contribution in [0, 0.1) is 0 Å². The predicted molar refractivity (Wildman–Crippen MR) is 137 cm³/mol. The Bertz CT molecular complexity index is 800. The maximum Gasteiger partial charge on any atom is 0.0919 e. The smallest absolute Gasteiger partial charge is 0.0787 e. The van der Waals surface area contributed by atoms with E-state index in [9.17, 15) is 0 Å². The van der Waals surface area contributed by atoms with E-state index >= 15 is 0 Å². The van der Waals surface area contributed by atoms with Crippen LogP contribution in [0.5, 0.6) is 0 Å². The van der Waals surface area contributed by atoms with Gasteiger partial charge in [0, 0.05) is 5.54 Å². The van der Waals surface area contributed by atoms with Crippen molar-refractivity contribution in [2.24, 2.45) is 0 Å². The largest absolute Gasteiger partial charge is 0.0919 e. The van der Waals surface area contributed by atoms with Crippen LogP contribution in [0.1, 0.15) is 93.0 Å². The molecule has 0 aromatic heterocycles. The van der Waals surface area contributed by atoms with Gasteiger partial charge in [0.1, 0.15) is 0 Å². The fourth-order valence-electron chi connectivity index (χ4n) is 4.99. The molecule has 0 saturated heterocycles. The number of hydrogen-bond donors (Lipinski definition) is 0. The molecule has 1 aliphatic rings. The molecule has 1 unspecified atom stereocenters. The minimum atomic E-state index is -1.66. The van der Waals surface area contributed by atoms with Crippen molar-refractivity contribution >= 4 is 19.3 Å². The summed E-state index contributed by atoms with van der Waals surface area (Å²) in [5, 5.41) is 1.66.